The molecule has 0 saturated carbocycles. The number of hydrogen-bond acceptors (Lipinski definition) is 0. The van der Waals surface area contributed by atoms with Crippen molar-refractivity contribution < 1.29 is 0 Å². The molecule has 1 rings (SSSR count). The van der Waals surface area contributed by atoms with Crippen molar-refractivity contribution >= 4 is 0 Å². The van der Waals surface area contributed by atoms with Gasteiger partial charge in [0.2, 0.25) is 0 Å². The van der Waals surface area contributed by atoms with E-state index in [4.69, 9.17) is 0 Å². The molecule has 64 valence electrons. The Balaban J connectivity index is 2.68. The van der Waals surface area contributed by atoms with E-state index >= 15 is 0 Å². The summed E-state index contributed by atoms with van der Waals surface area (Å²) in [7, 11) is 0. The zero-order valence-electron chi connectivity index (χ0n) is 8.17. The van der Waals surface area contributed by atoms with E-state index in [0.29, 0.717) is 0 Å². The van der Waals surface area contributed by atoms with Crippen LogP contribution in [0.5, 0.6) is 0 Å². The Bertz CT molecular complexity index is 146. The van der Waals surface area contributed by atoms with Crippen molar-refractivity contribution in [2.75, 3.05) is 0 Å². The zero-order valence-corrected chi connectivity index (χ0v) is 8.17. The molecule has 0 radical (unpaired) electrons. The first-order chi connectivity index (χ1) is 5.16. The van der Waals surface area contributed by atoms with Gasteiger partial charge in [0.1, 0.15) is 0 Å². The average Bonchev–Trinajstić information content (AvgIpc) is 2.01. The van der Waals surface area contributed by atoms with Crippen LogP contribution >= 0.6 is 0 Å². The lowest BCUT2D eigenvalue weighted by Gasteiger charge is -2.33. The lowest BCUT2D eigenvalue weighted by Crippen LogP contribution is -2.25. The Morgan fingerprint density at radius 3 is 2.18 bits per heavy atom. The van der Waals surface area contributed by atoms with Crippen LogP contribution in [-0.4, -0.2) is 0 Å². The topological polar surface area (TPSA) is 0 Å². The van der Waals surface area contributed by atoms with Gasteiger partial charge in [0.05, 0.1) is 0 Å². The van der Waals surface area contributed by atoms with Crippen molar-refractivity contribution in [1.29, 1.82) is 0 Å². The highest BCUT2D eigenvalue weighted by Crippen LogP contribution is 2.34. The second kappa shape index (κ2) is 3.42. The molecule has 11 heavy (non-hydrogen) atoms. The Morgan fingerprint density at radius 1 is 1.00 bits per heavy atom. The van der Waals surface area contributed by atoms with Crippen LogP contribution in [-0.2, 0) is 0 Å². The minimum atomic E-state index is 0.785. The maximum atomic E-state index is 2.41. The van der Waals surface area contributed by atoms with Gasteiger partial charge in [0.15, 0.2) is 0 Å². The molecule has 4 atom stereocenters. The van der Waals surface area contributed by atoms with Gasteiger partial charge in [-0.1, -0.05) is 39.8 Å². The monoisotopic (exact) mass is 152 g/mol. The van der Waals surface area contributed by atoms with E-state index in [1.54, 1.807) is 0 Å². The van der Waals surface area contributed by atoms with Gasteiger partial charge < -0.3 is 0 Å². The zero-order chi connectivity index (χ0) is 8.43. The number of hydrogen-bond donors (Lipinski definition) is 0. The molecule has 1 aliphatic carbocycles. The maximum Gasteiger partial charge on any atom is -0.0208 e. The summed E-state index contributed by atoms with van der Waals surface area (Å²) >= 11 is 0. The van der Waals surface area contributed by atoms with Gasteiger partial charge in [-0.05, 0) is 30.1 Å². The van der Waals surface area contributed by atoms with Crippen molar-refractivity contribution in [3.05, 3.63) is 12.2 Å². The third kappa shape index (κ3) is 1.66. The summed E-state index contributed by atoms with van der Waals surface area (Å²) in [5.74, 6) is 3.36. The molecule has 0 amide bonds. The van der Waals surface area contributed by atoms with Crippen LogP contribution in [0.3, 0.4) is 0 Å². The van der Waals surface area contributed by atoms with Gasteiger partial charge in [-0.25, -0.2) is 0 Å². The normalized spacial score (nSPS) is 44.4. The first-order valence-electron chi connectivity index (χ1n) is 4.85. The van der Waals surface area contributed by atoms with Gasteiger partial charge in [0, 0.05) is 0 Å². The molecule has 0 N–H and O–H groups in total. The molecule has 0 aromatic rings. The fourth-order valence-electron chi connectivity index (χ4n) is 2.05. The lowest BCUT2D eigenvalue weighted by molar-refractivity contribution is 0.234. The van der Waals surface area contributed by atoms with E-state index in [9.17, 15) is 0 Å². The molecule has 0 aliphatic heterocycles. The van der Waals surface area contributed by atoms with Gasteiger partial charge in [-0.2, -0.15) is 0 Å². The Morgan fingerprint density at radius 2 is 1.64 bits per heavy atom. The smallest absolute Gasteiger partial charge is 0.0208 e. The third-order valence-corrected chi connectivity index (χ3v) is 3.47. The molecule has 0 nitrogen and oxygen atoms in total. The number of allylic oxidation sites excluding steroid dienone is 2. The van der Waals surface area contributed by atoms with Crippen LogP contribution < -0.4 is 0 Å². The fourth-order valence-corrected chi connectivity index (χ4v) is 2.05. The Hall–Kier alpha value is -0.260. The van der Waals surface area contributed by atoms with Gasteiger partial charge in [-0.15, -0.1) is 0 Å². The predicted molar refractivity (Wildman–Crippen MR) is 50.4 cm³/mol. The molecule has 0 heteroatoms. The van der Waals surface area contributed by atoms with E-state index in [1.807, 2.05) is 0 Å². The molecule has 0 fully saturated rings. The van der Waals surface area contributed by atoms with Crippen molar-refractivity contribution in [1.82, 2.24) is 0 Å². The predicted octanol–water partition coefficient (Wildman–Crippen LogP) is 3.49. The van der Waals surface area contributed by atoms with Crippen LogP contribution in [0, 0.1) is 23.7 Å². The highest BCUT2D eigenvalue weighted by atomic mass is 14.3. The number of rotatable bonds is 1. The maximum absolute atomic E-state index is 2.41. The summed E-state index contributed by atoms with van der Waals surface area (Å²) in [5, 5.41) is 0. The van der Waals surface area contributed by atoms with E-state index in [1.165, 1.54) is 6.42 Å². The fraction of sp³-hybridized carbons (Fsp3) is 0.818. The summed E-state index contributed by atoms with van der Waals surface area (Å²) < 4.78 is 0. The molecule has 4 unspecified atom stereocenters. The standard InChI is InChI=1S/C11H20/c1-5-11-7-6-8(2)9(3)10(11)4/h6-11H,5H2,1-4H3. The quantitative estimate of drug-likeness (QED) is 0.504. The van der Waals surface area contributed by atoms with Crippen LogP contribution in [0.4, 0.5) is 0 Å². The van der Waals surface area contributed by atoms with Gasteiger partial charge in [0.25, 0.3) is 0 Å². The summed E-state index contributed by atoms with van der Waals surface area (Å²) in [6.07, 6.45) is 6.10. The summed E-state index contributed by atoms with van der Waals surface area (Å²) in [6.45, 7) is 9.37. The Labute approximate surface area is 70.7 Å². The second-order valence-corrected chi connectivity index (χ2v) is 4.03. The Kier molecular flexibility index (Phi) is 2.75. The molecular formula is C11H20. The van der Waals surface area contributed by atoms with Crippen LogP contribution in [0.2, 0.25) is 0 Å². The molecule has 0 saturated heterocycles. The summed E-state index contributed by atoms with van der Waals surface area (Å²) in [4.78, 5) is 0. The summed E-state index contributed by atoms with van der Waals surface area (Å²) in [5.41, 5.74) is 0. The van der Waals surface area contributed by atoms with Crippen molar-refractivity contribution in [2.24, 2.45) is 23.7 Å². The first kappa shape index (κ1) is 8.83. The molecule has 0 spiro atoms. The van der Waals surface area contributed by atoms with E-state index in [2.05, 4.69) is 39.8 Å². The van der Waals surface area contributed by atoms with E-state index in [0.717, 1.165) is 23.7 Å². The van der Waals surface area contributed by atoms with Gasteiger partial charge >= 0.3 is 0 Å². The van der Waals surface area contributed by atoms with Crippen LogP contribution in [0.25, 0.3) is 0 Å². The van der Waals surface area contributed by atoms with Crippen molar-refractivity contribution in [2.45, 2.75) is 34.1 Å². The minimum absolute atomic E-state index is 0.785. The molecule has 0 bridgehead atoms. The average molecular weight is 152 g/mol. The third-order valence-electron chi connectivity index (χ3n) is 3.47. The molecule has 0 heterocycles. The van der Waals surface area contributed by atoms with E-state index in [-0.39, 0.29) is 0 Å². The van der Waals surface area contributed by atoms with Crippen LogP contribution in [0.1, 0.15) is 34.1 Å². The molecule has 0 aromatic heterocycles. The minimum Gasteiger partial charge on any atom is -0.0851 e. The molecule has 1 aliphatic rings. The first-order valence-corrected chi connectivity index (χ1v) is 4.85. The van der Waals surface area contributed by atoms with Crippen molar-refractivity contribution in [3.8, 4) is 0 Å². The van der Waals surface area contributed by atoms with Gasteiger partial charge in [-0.3, -0.25) is 0 Å². The molecular weight excluding hydrogens is 132 g/mol. The highest BCUT2D eigenvalue weighted by Gasteiger charge is 2.26. The second-order valence-electron chi connectivity index (χ2n) is 4.03. The highest BCUT2D eigenvalue weighted by molar-refractivity contribution is 5.01. The van der Waals surface area contributed by atoms with Crippen LogP contribution in [0.15, 0.2) is 12.2 Å². The SMILES string of the molecule is CCC1C=CC(C)C(C)C1C. The molecule has 0 aromatic carbocycles. The van der Waals surface area contributed by atoms with E-state index < -0.39 is 0 Å². The van der Waals surface area contributed by atoms with Crippen molar-refractivity contribution in [3.63, 3.8) is 0 Å². The lowest BCUT2D eigenvalue weighted by atomic mass is 9.72. The largest absolute Gasteiger partial charge is 0.0851 e. The summed E-state index contributed by atoms with van der Waals surface area (Å²) in [6, 6.07) is 0.